The van der Waals surface area contributed by atoms with Gasteiger partial charge in [0.05, 0.1) is 6.54 Å². The maximum atomic E-state index is 5.85. The van der Waals surface area contributed by atoms with Gasteiger partial charge in [0.2, 0.25) is 0 Å². The molecule has 0 radical (unpaired) electrons. The van der Waals surface area contributed by atoms with Crippen LogP contribution in [0.5, 0.6) is 0 Å². The van der Waals surface area contributed by atoms with E-state index in [-0.39, 0.29) is 0 Å². The van der Waals surface area contributed by atoms with E-state index in [1.54, 1.807) is 6.33 Å². The first-order chi connectivity index (χ1) is 8.70. The van der Waals surface area contributed by atoms with Crippen LogP contribution in [0.3, 0.4) is 0 Å². The minimum atomic E-state index is 0.791. The minimum Gasteiger partial charge on any atom is -0.399 e. The molecule has 0 amide bonds. The molecule has 1 aromatic heterocycles. The van der Waals surface area contributed by atoms with Crippen molar-refractivity contribution in [1.82, 2.24) is 19.7 Å². The molecule has 0 unspecified atom stereocenters. The number of nitrogen functional groups attached to an aromatic ring is 1. The summed E-state index contributed by atoms with van der Waals surface area (Å²) in [5, 5.41) is 8.05. The maximum Gasteiger partial charge on any atom is 0.147 e. The third-order valence-corrected chi connectivity index (χ3v) is 3.56. The van der Waals surface area contributed by atoms with Crippen LogP contribution < -0.4 is 5.73 Å². The number of nitrogens with two attached hydrogens (primary N) is 1. The average Bonchev–Trinajstić information content (AvgIpc) is 2.74. The first-order valence-corrected chi connectivity index (χ1v) is 6.64. The largest absolute Gasteiger partial charge is 0.399 e. The van der Waals surface area contributed by atoms with Gasteiger partial charge in [0, 0.05) is 29.8 Å². The molecule has 0 saturated carbocycles. The molecule has 2 heterocycles. The number of rotatable bonds is 2. The highest BCUT2D eigenvalue weighted by Gasteiger charge is 2.17. The third-order valence-electron chi connectivity index (χ3n) is 3.10. The van der Waals surface area contributed by atoms with Gasteiger partial charge < -0.3 is 10.3 Å². The van der Waals surface area contributed by atoms with Crippen LogP contribution in [-0.4, -0.2) is 26.2 Å². The van der Waals surface area contributed by atoms with E-state index in [2.05, 4.69) is 41.7 Å². The molecule has 18 heavy (non-hydrogen) atoms. The molecule has 94 valence electrons. The Bertz CT molecular complexity index is 545. The topological polar surface area (TPSA) is 60.0 Å². The molecular formula is C12H14BrN5. The molecule has 0 aliphatic carbocycles. The van der Waals surface area contributed by atoms with E-state index in [1.165, 1.54) is 5.56 Å². The summed E-state index contributed by atoms with van der Waals surface area (Å²) in [6, 6.07) is 6.04. The van der Waals surface area contributed by atoms with E-state index < -0.39 is 0 Å². The van der Waals surface area contributed by atoms with Crippen LogP contribution >= 0.6 is 15.9 Å². The van der Waals surface area contributed by atoms with Gasteiger partial charge in [-0.25, -0.2) is 0 Å². The molecule has 2 aromatic rings. The van der Waals surface area contributed by atoms with Crippen LogP contribution in [0.2, 0.25) is 0 Å². The molecule has 0 fully saturated rings. The van der Waals surface area contributed by atoms with Gasteiger partial charge >= 0.3 is 0 Å². The number of nitrogens with zero attached hydrogens (tertiary/aromatic N) is 4. The van der Waals surface area contributed by atoms with Gasteiger partial charge in [0.25, 0.3) is 0 Å². The van der Waals surface area contributed by atoms with Crippen LogP contribution in [0.1, 0.15) is 11.4 Å². The normalized spacial score (nSPS) is 15.6. The molecular weight excluding hydrogens is 294 g/mol. The fourth-order valence-corrected chi connectivity index (χ4v) is 2.83. The molecule has 6 heteroatoms. The van der Waals surface area contributed by atoms with Gasteiger partial charge in [-0.05, 0) is 23.8 Å². The van der Waals surface area contributed by atoms with Gasteiger partial charge in [-0.3, -0.25) is 4.90 Å². The fraction of sp³-hybridized carbons (Fsp3) is 0.333. The maximum absolute atomic E-state index is 5.85. The first kappa shape index (κ1) is 11.7. The third kappa shape index (κ3) is 2.39. The summed E-state index contributed by atoms with van der Waals surface area (Å²) in [4.78, 5) is 2.35. The Morgan fingerprint density at radius 2 is 2.17 bits per heavy atom. The number of fused-ring (bicyclic) bond motifs is 1. The summed E-state index contributed by atoms with van der Waals surface area (Å²) in [5.74, 6) is 1.03. The van der Waals surface area contributed by atoms with Crippen molar-refractivity contribution in [3.8, 4) is 0 Å². The second kappa shape index (κ2) is 4.70. The summed E-state index contributed by atoms with van der Waals surface area (Å²) in [7, 11) is 0. The lowest BCUT2D eigenvalue weighted by Crippen LogP contribution is -2.33. The lowest BCUT2D eigenvalue weighted by atomic mass is 10.2. The van der Waals surface area contributed by atoms with Crippen molar-refractivity contribution >= 4 is 21.6 Å². The molecule has 0 bridgehead atoms. The Morgan fingerprint density at radius 3 is 3.00 bits per heavy atom. The van der Waals surface area contributed by atoms with Gasteiger partial charge in [-0.1, -0.05) is 15.9 Å². The zero-order valence-corrected chi connectivity index (χ0v) is 11.5. The van der Waals surface area contributed by atoms with Crippen LogP contribution in [-0.2, 0) is 19.6 Å². The quantitative estimate of drug-likeness (QED) is 0.857. The number of anilines is 1. The Balaban J connectivity index is 1.74. The number of aromatic nitrogens is 3. The Kier molecular flexibility index (Phi) is 3.05. The summed E-state index contributed by atoms with van der Waals surface area (Å²) >= 11 is 3.47. The molecule has 3 rings (SSSR count). The van der Waals surface area contributed by atoms with E-state index in [0.29, 0.717) is 0 Å². The average molecular weight is 308 g/mol. The molecule has 5 nitrogen and oxygen atoms in total. The van der Waals surface area contributed by atoms with Crippen molar-refractivity contribution < 1.29 is 0 Å². The van der Waals surface area contributed by atoms with Gasteiger partial charge in [0.1, 0.15) is 12.2 Å². The van der Waals surface area contributed by atoms with Crippen molar-refractivity contribution in [1.29, 1.82) is 0 Å². The van der Waals surface area contributed by atoms with Crippen LogP contribution in [0.15, 0.2) is 29.0 Å². The number of halogens is 1. The Hall–Kier alpha value is -1.40. The monoisotopic (exact) mass is 307 g/mol. The predicted octanol–water partition coefficient (Wildman–Crippen LogP) is 1.64. The Labute approximate surface area is 114 Å². The highest BCUT2D eigenvalue weighted by atomic mass is 79.9. The van der Waals surface area contributed by atoms with Gasteiger partial charge in [0.15, 0.2) is 0 Å². The van der Waals surface area contributed by atoms with E-state index in [1.807, 2.05) is 12.1 Å². The van der Waals surface area contributed by atoms with Crippen molar-refractivity contribution in [2.24, 2.45) is 0 Å². The molecule has 1 aromatic carbocycles. The zero-order valence-electron chi connectivity index (χ0n) is 9.88. The number of hydrogen-bond acceptors (Lipinski definition) is 4. The van der Waals surface area contributed by atoms with Gasteiger partial charge in [-0.15, -0.1) is 10.2 Å². The fourth-order valence-electron chi connectivity index (χ4n) is 2.28. The predicted molar refractivity (Wildman–Crippen MR) is 72.7 cm³/mol. The van der Waals surface area contributed by atoms with Crippen LogP contribution in [0.4, 0.5) is 5.69 Å². The molecule has 0 spiro atoms. The van der Waals surface area contributed by atoms with Crippen molar-refractivity contribution in [2.75, 3.05) is 12.3 Å². The first-order valence-electron chi connectivity index (χ1n) is 5.85. The smallest absolute Gasteiger partial charge is 0.147 e. The second-order valence-electron chi connectivity index (χ2n) is 4.54. The summed E-state index contributed by atoms with van der Waals surface area (Å²) in [6.07, 6.45) is 1.80. The van der Waals surface area contributed by atoms with E-state index in [4.69, 9.17) is 5.73 Å². The van der Waals surface area contributed by atoms with E-state index >= 15 is 0 Å². The van der Waals surface area contributed by atoms with Crippen molar-refractivity contribution in [2.45, 2.75) is 19.6 Å². The van der Waals surface area contributed by atoms with E-state index in [0.717, 1.165) is 42.2 Å². The highest BCUT2D eigenvalue weighted by Crippen LogP contribution is 2.20. The van der Waals surface area contributed by atoms with Crippen molar-refractivity contribution in [3.05, 3.63) is 40.4 Å². The summed E-state index contributed by atoms with van der Waals surface area (Å²) in [5.41, 5.74) is 7.86. The SMILES string of the molecule is Nc1cc(Br)cc(CN2CCn3cnnc3C2)c1. The second-order valence-corrected chi connectivity index (χ2v) is 5.46. The standard InChI is InChI=1S/C12H14BrN5/c13-10-3-9(4-11(14)5-10)6-17-1-2-18-8-15-16-12(18)7-17/h3-5,8H,1-2,6-7,14H2. The summed E-state index contributed by atoms with van der Waals surface area (Å²) < 4.78 is 3.13. The van der Waals surface area contributed by atoms with Crippen LogP contribution in [0.25, 0.3) is 0 Å². The molecule has 2 N–H and O–H groups in total. The lowest BCUT2D eigenvalue weighted by Gasteiger charge is -2.27. The molecule has 1 aliphatic rings. The Morgan fingerprint density at radius 1 is 1.28 bits per heavy atom. The van der Waals surface area contributed by atoms with Crippen LogP contribution in [0, 0.1) is 0 Å². The minimum absolute atomic E-state index is 0.791. The zero-order chi connectivity index (χ0) is 12.5. The summed E-state index contributed by atoms with van der Waals surface area (Å²) in [6.45, 7) is 3.69. The number of hydrogen-bond donors (Lipinski definition) is 1. The van der Waals surface area contributed by atoms with Gasteiger partial charge in [-0.2, -0.15) is 0 Å². The number of benzene rings is 1. The van der Waals surface area contributed by atoms with Crippen molar-refractivity contribution in [3.63, 3.8) is 0 Å². The highest BCUT2D eigenvalue weighted by molar-refractivity contribution is 9.10. The molecule has 0 atom stereocenters. The molecule has 1 aliphatic heterocycles. The molecule has 0 saturated heterocycles. The lowest BCUT2D eigenvalue weighted by molar-refractivity contribution is 0.209. The van der Waals surface area contributed by atoms with E-state index in [9.17, 15) is 0 Å².